The predicted octanol–water partition coefficient (Wildman–Crippen LogP) is 5.86. The number of unbranched alkanes of at least 4 members (excludes halogenated alkanes) is 3. The summed E-state index contributed by atoms with van der Waals surface area (Å²) in [5.41, 5.74) is 2.49. The molecule has 1 heteroatoms. The third-order valence-corrected chi connectivity index (χ3v) is 7.14. The van der Waals surface area contributed by atoms with Gasteiger partial charge in [-0.2, -0.15) is 0 Å². The molecule has 1 aromatic rings. The molecule has 0 spiro atoms. The number of hydrogen-bond donors (Lipinski definition) is 0. The van der Waals surface area contributed by atoms with Crippen LogP contribution in [0.25, 0.3) is 0 Å². The Labute approximate surface area is 133 Å². The monoisotopic (exact) mass is 300 g/mol. The SMILES string of the molecule is C=CC(C/C=C/[Si](C)(C)c1ccccc1)CCCCCC. The van der Waals surface area contributed by atoms with Crippen LogP contribution in [-0.4, -0.2) is 8.07 Å². The molecular formula is C20H32Si. The molecule has 1 rings (SSSR count). The van der Waals surface area contributed by atoms with Crippen LogP contribution in [0, 0.1) is 5.92 Å². The third kappa shape index (κ3) is 6.95. The van der Waals surface area contributed by atoms with Crippen LogP contribution < -0.4 is 5.19 Å². The zero-order chi connectivity index (χ0) is 15.6. The molecule has 116 valence electrons. The minimum atomic E-state index is -1.42. The van der Waals surface area contributed by atoms with E-state index in [4.69, 9.17) is 0 Å². The predicted molar refractivity (Wildman–Crippen MR) is 99.8 cm³/mol. The van der Waals surface area contributed by atoms with E-state index in [1.165, 1.54) is 37.3 Å². The zero-order valence-corrected chi connectivity index (χ0v) is 15.1. The average molecular weight is 301 g/mol. The summed E-state index contributed by atoms with van der Waals surface area (Å²) in [4.78, 5) is 0. The summed E-state index contributed by atoms with van der Waals surface area (Å²) in [6, 6.07) is 10.9. The van der Waals surface area contributed by atoms with Gasteiger partial charge in [0.25, 0.3) is 0 Å². The van der Waals surface area contributed by atoms with E-state index in [2.05, 4.69) is 74.8 Å². The Hall–Kier alpha value is -1.08. The van der Waals surface area contributed by atoms with Crippen molar-refractivity contribution in [2.45, 2.75) is 58.5 Å². The van der Waals surface area contributed by atoms with Crippen molar-refractivity contribution in [3.63, 3.8) is 0 Å². The molecule has 0 aromatic heterocycles. The number of benzene rings is 1. The molecule has 1 unspecified atom stereocenters. The Morgan fingerprint density at radius 2 is 1.81 bits per heavy atom. The van der Waals surface area contributed by atoms with Crippen LogP contribution in [0.4, 0.5) is 0 Å². The fourth-order valence-electron chi connectivity index (χ4n) is 2.67. The lowest BCUT2D eigenvalue weighted by Crippen LogP contribution is -2.39. The number of allylic oxidation sites excluding steroid dienone is 2. The van der Waals surface area contributed by atoms with Gasteiger partial charge in [-0.1, -0.05) is 99.1 Å². The molecule has 1 atom stereocenters. The van der Waals surface area contributed by atoms with Gasteiger partial charge in [0.2, 0.25) is 0 Å². The van der Waals surface area contributed by atoms with E-state index in [9.17, 15) is 0 Å². The van der Waals surface area contributed by atoms with Gasteiger partial charge in [-0.05, 0) is 18.8 Å². The van der Waals surface area contributed by atoms with E-state index < -0.39 is 8.07 Å². The molecule has 0 N–H and O–H groups in total. The normalized spacial score (nSPS) is 13.5. The fraction of sp³-hybridized carbons (Fsp3) is 0.500. The molecule has 0 nitrogen and oxygen atoms in total. The van der Waals surface area contributed by atoms with Gasteiger partial charge in [-0.3, -0.25) is 0 Å². The van der Waals surface area contributed by atoms with E-state index in [-0.39, 0.29) is 0 Å². The molecule has 21 heavy (non-hydrogen) atoms. The van der Waals surface area contributed by atoms with Crippen LogP contribution >= 0.6 is 0 Å². The Balaban J connectivity index is 2.45. The van der Waals surface area contributed by atoms with Gasteiger partial charge in [0.1, 0.15) is 8.07 Å². The highest BCUT2D eigenvalue weighted by atomic mass is 28.3. The number of rotatable bonds is 10. The van der Waals surface area contributed by atoms with Crippen LogP contribution in [0.3, 0.4) is 0 Å². The smallest absolute Gasteiger partial charge is 0.103 e. The van der Waals surface area contributed by atoms with Crippen molar-refractivity contribution >= 4 is 13.3 Å². The molecule has 0 aliphatic heterocycles. The van der Waals surface area contributed by atoms with Gasteiger partial charge in [0.05, 0.1) is 0 Å². The summed E-state index contributed by atoms with van der Waals surface area (Å²) in [7, 11) is -1.42. The molecule has 0 radical (unpaired) electrons. The molecule has 0 heterocycles. The lowest BCUT2D eigenvalue weighted by molar-refractivity contribution is 0.535. The summed E-state index contributed by atoms with van der Waals surface area (Å²) < 4.78 is 0. The highest BCUT2D eigenvalue weighted by Crippen LogP contribution is 2.17. The van der Waals surface area contributed by atoms with Crippen molar-refractivity contribution in [3.05, 3.63) is 54.8 Å². The maximum absolute atomic E-state index is 4.01. The van der Waals surface area contributed by atoms with E-state index in [1.54, 1.807) is 0 Å². The van der Waals surface area contributed by atoms with Crippen LogP contribution in [0.15, 0.2) is 54.8 Å². The highest BCUT2D eigenvalue weighted by Gasteiger charge is 2.18. The third-order valence-electron chi connectivity index (χ3n) is 4.25. The summed E-state index contributed by atoms with van der Waals surface area (Å²) >= 11 is 0. The lowest BCUT2D eigenvalue weighted by Gasteiger charge is -2.18. The Morgan fingerprint density at radius 3 is 2.43 bits per heavy atom. The molecule has 0 fully saturated rings. The van der Waals surface area contributed by atoms with Crippen molar-refractivity contribution in [2.24, 2.45) is 5.92 Å². The molecule has 0 saturated carbocycles. The topological polar surface area (TPSA) is 0 Å². The van der Waals surface area contributed by atoms with Crippen LogP contribution in [0.5, 0.6) is 0 Å². The first-order valence-corrected chi connectivity index (χ1v) is 11.5. The van der Waals surface area contributed by atoms with E-state index >= 15 is 0 Å². The average Bonchev–Trinajstić information content (AvgIpc) is 2.50. The molecular weight excluding hydrogens is 268 g/mol. The lowest BCUT2D eigenvalue weighted by atomic mass is 9.98. The van der Waals surface area contributed by atoms with Gasteiger partial charge in [0, 0.05) is 0 Å². The Kier molecular flexibility index (Phi) is 8.37. The van der Waals surface area contributed by atoms with E-state index in [0.717, 1.165) is 6.42 Å². The van der Waals surface area contributed by atoms with Gasteiger partial charge in [-0.25, -0.2) is 0 Å². The maximum Gasteiger partial charge on any atom is 0.103 e. The summed E-state index contributed by atoms with van der Waals surface area (Å²) in [5.74, 6) is 0.652. The van der Waals surface area contributed by atoms with Gasteiger partial charge >= 0.3 is 0 Å². The molecule has 0 bridgehead atoms. The quantitative estimate of drug-likeness (QED) is 0.288. The van der Waals surface area contributed by atoms with Crippen molar-refractivity contribution < 1.29 is 0 Å². The Bertz CT molecular complexity index is 417. The minimum Gasteiger partial charge on any atom is -0.103 e. The van der Waals surface area contributed by atoms with Crippen molar-refractivity contribution in [2.75, 3.05) is 0 Å². The summed E-state index contributed by atoms with van der Waals surface area (Å²) in [6.45, 7) is 11.1. The standard InChI is InChI=1S/C20H32Si/c1-5-7-8-10-14-19(6-2)15-13-18-21(3,4)20-16-11-9-12-17-20/h6,9,11-13,16-19H,2,5,7-8,10,14-15H2,1,3-4H3/b18-13+. The van der Waals surface area contributed by atoms with E-state index in [0.29, 0.717) is 5.92 Å². The molecule has 0 saturated heterocycles. The van der Waals surface area contributed by atoms with Crippen LogP contribution in [0.2, 0.25) is 13.1 Å². The van der Waals surface area contributed by atoms with Crippen molar-refractivity contribution in [1.82, 2.24) is 0 Å². The second kappa shape index (κ2) is 9.78. The fourth-order valence-corrected chi connectivity index (χ4v) is 4.64. The van der Waals surface area contributed by atoms with Crippen LogP contribution in [0.1, 0.15) is 45.4 Å². The van der Waals surface area contributed by atoms with Gasteiger partial charge < -0.3 is 0 Å². The highest BCUT2D eigenvalue weighted by molar-refractivity contribution is 6.93. The minimum absolute atomic E-state index is 0.652. The Morgan fingerprint density at radius 1 is 1.10 bits per heavy atom. The summed E-state index contributed by atoms with van der Waals surface area (Å²) in [6.07, 6.45) is 12.4. The second-order valence-corrected chi connectivity index (χ2v) is 10.9. The molecule has 0 amide bonds. The molecule has 0 aliphatic rings. The van der Waals surface area contributed by atoms with Crippen LogP contribution in [-0.2, 0) is 0 Å². The van der Waals surface area contributed by atoms with Gasteiger partial charge in [0.15, 0.2) is 0 Å². The number of hydrogen-bond acceptors (Lipinski definition) is 0. The largest absolute Gasteiger partial charge is 0.103 e. The van der Waals surface area contributed by atoms with Crippen molar-refractivity contribution in [3.8, 4) is 0 Å². The first-order valence-electron chi connectivity index (χ1n) is 8.46. The van der Waals surface area contributed by atoms with Crippen molar-refractivity contribution in [1.29, 1.82) is 0 Å². The zero-order valence-electron chi connectivity index (χ0n) is 14.1. The van der Waals surface area contributed by atoms with Gasteiger partial charge in [-0.15, -0.1) is 6.58 Å². The molecule has 0 aliphatic carbocycles. The first kappa shape index (κ1) is 18.0. The first-order chi connectivity index (χ1) is 10.1. The summed E-state index contributed by atoms with van der Waals surface area (Å²) in [5, 5.41) is 1.51. The van der Waals surface area contributed by atoms with E-state index in [1.807, 2.05) is 0 Å². The maximum atomic E-state index is 4.01. The molecule has 1 aromatic carbocycles. The second-order valence-electron chi connectivity index (χ2n) is 6.57.